The second-order valence-corrected chi connectivity index (χ2v) is 9.43. The lowest BCUT2D eigenvalue weighted by molar-refractivity contribution is 0.142. The van der Waals surface area contributed by atoms with Crippen LogP contribution < -0.4 is 0 Å². The van der Waals surface area contributed by atoms with E-state index in [1.165, 1.54) is 95.5 Å². The van der Waals surface area contributed by atoms with Gasteiger partial charge in [0.2, 0.25) is 0 Å². The van der Waals surface area contributed by atoms with Crippen LogP contribution in [0.5, 0.6) is 0 Å². The van der Waals surface area contributed by atoms with Crippen molar-refractivity contribution in [1.82, 2.24) is 0 Å². The molecule has 3 rings (SSSR count). The van der Waals surface area contributed by atoms with E-state index in [9.17, 15) is 0 Å². The Labute approximate surface area is 163 Å². The van der Waals surface area contributed by atoms with Crippen LogP contribution >= 0.6 is 0 Å². The topological polar surface area (TPSA) is 0 Å². The van der Waals surface area contributed by atoms with Crippen molar-refractivity contribution in [2.24, 2.45) is 23.7 Å². The van der Waals surface area contributed by atoms with E-state index in [1.54, 1.807) is 5.56 Å². The van der Waals surface area contributed by atoms with Crippen LogP contribution in [0.2, 0.25) is 0 Å². The molecule has 2 aliphatic rings. The largest absolute Gasteiger partial charge is 0.0654 e. The van der Waals surface area contributed by atoms with E-state index >= 15 is 0 Å². The van der Waals surface area contributed by atoms with Crippen molar-refractivity contribution < 1.29 is 0 Å². The van der Waals surface area contributed by atoms with Gasteiger partial charge in [-0.1, -0.05) is 76.6 Å². The SMILES string of the molecule is CCCCc1ccc(CCC2CCC(C3CCC(CC)CC3)CC2)cc1. The van der Waals surface area contributed by atoms with Crippen LogP contribution in [0, 0.1) is 23.7 Å². The van der Waals surface area contributed by atoms with Crippen LogP contribution in [0.3, 0.4) is 0 Å². The fourth-order valence-corrected chi connectivity index (χ4v) is 5.64. The fourth-order valence-electron chi connectivity index (χ4n) is 5.64. The molecule has 0 aromatic heterocycles. The molecule has 146 valence electrons. The minimum absolute atomic E-state index is 0.998. The summed E-state index contributed by atoms with van der Waals surface area (Å²) in [6, 6.07) is 9.52. The maximum absolute atomic E-state index is 2.39. The minimum atomic E-state index is 0.998. The minimum Gasteiger partial charge on any atom is -0.0654 e. The number of rotatable bonds is 8. The van der Waals surface area contributed by atoms with Gasteiger partial charge in [-0.15, -0.1) is 0 Å². The smallest absolute Gasteiger partial charge is 0.0276 e. The van der Waals surface area contributed by atoms with Crippen molar-refractivity contribution in [2.45, 2.75) is 104 Å². The van der Waals surface area contributed by atoms with Gasteiger partial charge < -0.3 is 0 Å². The fraction of sp³-hybridized carbons (Fsp3) is 0.769. The highest BCUT2D eigenvalue weighted by Crippen LogP contribution is 2.42. The van der Waals surface area contributed by atoms with Gasteiger partial charge in [-0.05, 0) is 86.2 Å². The monoisotopic (exact) mass is 354 g/mol. The molecule has 1 aromatic carbocycles. The Morgan fingerprint density at radius 1 is 0.654 bits per heavy atom. The van der Waals surface area contributed by atoms with Gasteiger partial charge in [0.15, 0.2) is 0 Å². The van der Waals surface area contributed by atoms with Gasteiger partial charge >= 0.3 is 0 Å². The summed E-state index contributed by atoms with van der Waals surface area (Å²) >= 11 is 0. The Morgan fingerprint density at radius 3 is 1.65 bits per heavy atom. The number of aryl methyl sites for hydroxylation is 2. The summed E-state index contributed by atoms with van der Waals surface area (Å²) in [4.78, 5) is 0. The standard InChI is InChI=1S/C26H42/c1-3-5-6-22-7-9-23(10-8-22)11-12-24-15-19-26(20-16-24)25-17-13-21(4-2)14-18-25/h7-10,21,24-26H,3-6,11-20H2,1-2H3. The summed E-state index contributed by atoms with van der Waals surface area (Å²) in [5.74, 6) is 4.20. The Kier molecular flexibility index (Phi) is 8.08. The lowest BCUT2D eigenvalue weighted by Crippen LogP contribution is -2.25. The molecule has 0 aliphatic heterocycles. The third kappa shape index (κ3) is 5.86. The lowest BCUT2D eigenvalue weighted by Gasteiger charge is -2.37. The Balaban J connectivity index is 1.35. The molecule has 0 heteroatoms. The highest BCUT2D eigenvalue weighted by atomic mass is 14.4. The average Bonchev–Trinajstić information content (AvgIpc) is 2.72. The van der Waals surface area contributed by atoms with Crippen molar-refractivity contribution in [1.29, 1.82) is 0 Å². The summed E-state index contributed by atoms with van der Waals surface area (Å²) in [5.41, 5.74) is 3.08. The second-order valence-electron chi connectivity index (χ2n) is 9.43. The lowest BCUT2D eigenvalue weighted by atomic mass is 9.68. The van der Waals surface area contributed by atoms with E-state index in [-0.39, 0.29) is 0 Å². The molecule has 0 nitrogen and oxygen atoms in total. The van der Waals surface area contributed by atoms with Crippen LogP contribution in [0.15, 0.2) is 24.3 Å². The van der Waals surface area contributed by atoms with Gasteiger partial charge in [-0.3, -0.25) is 0 Å². The Morgan fingerprint density at radius 2 is 1.15 bits per heavy atom. The molecule has 0 heterocycles. The highest BCUT2D eigenvalue weighted by Gasteiger charge is 2.30. The third-order valence-corrected chi connectivity index (χ3v) is 7.71. The quantitative estimate of drug-likeness (QED) is 0.444. The zero-order valence-corrected chi connectivity index (χ0v) is 17.5. The zero-order chi connectivity index (χ0) is 18.2. The average molecular weight is 355 g/mol. The molecule has 0 atom stereocenters. The van der Waals surface area contributed by atoms with Crippen LogP contribution in [-0.4, -0.2) is 0 Å². The molecular weight excluding hydrogens is 312 g/mol. The molecule has 1 aromatic rings. The molecule has 2 fully saturated rings. The number of unbranched alkanes of at least 4 members (excludes halogenated alkanes) is 1. The molecule has 0 saturated heterocycles. The molecule has 2 saturated carbocycles. The van der Waals surface area contributed by atoms with E-state index in [1.807, 2.05) is 0 Å². The molecule has 0 N–H and O–H groups in total. The van der Waals surface area contributed by atoms with Crippen molar-refractivity contribution in [2.75, 3.05) is 0 Å². The molecular formula is C26H42. The number of hydrogen-bond donors (Lipinski definition) is 0. The van der Waals surface area contributed by atoms with E-state index in [0.717, 1.165) is 23.7 Å². The first-order chi connectivity index (χ1) is 12.8. The van der Waals surface area contributed by atoms with E-state index in [0.29, 0.717) is 0 Å². The summed E-state index contributed by atoms with van der Waals surface area (Å²) in [6.07, 6.45) is 20.2. The van der Waals surface area contributed by atoms with Gasteiger partial charge in [-0.2, -0.15) is 0 Å². The van der Waals surface area contributed by atoms with Gasteiger partial charge in [0, 0.05) is 0 Å². The maximum atomic E-state index is 2.39. The molecule has 0 spiro atoms. The van der Waals surface area contributed by atoms with Gasteiger partial charge in [0.1, 0.15) is 0 Å². The predicted octanol–water partition coefficient (Wildman–Crippen LogP) is 7.98. The first-order valence-corrected chi connectivity index (χ1v) is 11.9. The van der Waals surface area contributed by atoms with Gasteiger partial charge in [0.05, 0.1) is 0 Å². The summed E-state index contributed by atoms with van der Waals surface area (Å²) in [7, 11) is 0. The molecule has 0 amide bonds. The van der Waals surface area contributed by atoms with Crippen LogP contribution in [0.25, 0.3) is 0 Å². The first kappa shape index (κ1) is 20.0. The van der Waals surface area contributed by atoms with Crippen molar-refractivity contribution in [3.8, 4) is 0 Å². The van der Waals surface area contributed by atoms with Crippen molar-refractivity contribution in [3.05, 3.63) is 35.4 Å². The highest BCUT2D eigenvalue weighted by molar-refractivity contribution is 5.22. The predicted molar refractivity (Wildman–Crippen MR) is 115 cm³/mol. The number of hydrogen-bond acceptors (Lipinski definition) is 0. The van der Waals surface area contributed by atoms with Crippen molar-refractivity contribution in [3.63, 3.8) is 0 Å². The molecule has 2 aliphatic carbocycles. The Hall–Kier alpha value is -0.780. The van der Waals surface area contributed by atoms with E-state index in [4.69, 9.17) is 0 Å². The van der Waals surface area contributed by atoms with Crippen LogP contribution in [0.4, 0.5) is 0 Å². The zero-order valence-electron chi connectivity index (χ0n) is 17.5. The first-order valence-electron chi connectivity index (χ1n) is 11.9. The van der Waals surface area contributed by atoms with E-state index in [2.05, 4.69) is 38.1 Å². The summed E-state index contributed by atoms with van der Waals surface area (Å²) in [6.45, 7) is 4.66. The van der Waals surface area contributed by atoms with Crippen LogP contribution in [-0.2, 0) is 12.8 Å². The second kappa shape index (κ2) is 10.5. The molecule has 0 bridgehead atoms. The molecule has 26 heavy (non-hydrogen) atoms. The maximum Gasteiger partial charge on any atom is -0.0276 e. The number of benzene rings is 1. The third-order valence-electron chi connectivity index (χ3n) is 7.71. The van der Waals surface area contributed by atoms with E-state index < -0.39 is 0 Å². The molecule has 0 unspecified atom stereocenters. The Bertz CT molecular complexity index is 483. The van der Waals surface area contributed by atoms with Gasteiger partial charge in [-0.25, -0.2) is 0 Å². The van der Waals surface area contributed by atoms with Gasteiger partial charge in [0.25, 0.3) is 0 Å². The van der Waals surface area contributed by atoms with Crippen molar-refractivity contribution >= 4 is 0 Å². The molecule has 0 radical (unpaired) electrons. The normalized spacial score (nSPS) is 29.6. The summed E-state index contributed by atoms with van der Waals surface area (Å²) < 4.78 is 0. The van der Waals surface area contributed by atoms with Crippen LogP contribution in [0.1, 0.15) is 102 Å². The summed E-state index contributed by atoms with van der Waals surface area (Å²) in [5, 5.41) is 0.